The molecule has 18 heavy (non-hydrogen) atoms. The Bertz CT molecular complexity index is 391. The molecule has 0 aliphatic carbocycles. The van der Waals surface area contributed by atoms with Gasteiger partial charge in [-0.25, -0.2) is 23.3 Å². The van der Waals surface area contributed by atoms with Gasteiger partial charge in [0.15, 0.2) is 0 Å². The first-order valence-corrected chi connectivity index (χ1v) is 13.8. The molecule has 0 heterocycles. The van der Waals surface area contributed by atoms with Crippen molar-refractivity contribution in [3.63, 3.8) is 0 Å². The molecule has 3 heteroatoms. The molecule has 0 aliphatic heterocycles. The molecule has 0 nitrogen and oxygen atoms in total. The summed E-state index contributed by atoms with van der Waals surface area (Å²) >= 11 is -1.85. The molecule has 100 valence electrons. The summed E-state index contributed by atoms with van der Waals surface area (Å²) in [5.41, 5.74) is 5.44. The summed E-state index contributed by atoms with van der Waals surface area (Å²) in [6.07, 6.45) is 0. The molecule has 0 aliphatic rings. The Morgan fingerprint density at radius 2 is 1.17 bits per heavy atom. The summed E-state index contributed by atoms with van der Waals surface area (Å²) in [4.78, 5) is 0. The van der Waals surface area contributed by atoms with Gasteiger partial charge in [-0.1, -0.05) is 27.7 Å². The van der Waals surface area contributed by atoms with E-state index in [1.807, 2.05) is 0 Å². The fraction of sp³-hybridized carbons (Fsp3) is 0.267. The van der Waals surface area contributed by atoms with Crippen molar-refractivity contribution in [3.8, 4) is 0 Å². The standard InChI is InChI=1S/2C7H9.CH2.2ClH.Zr/c2*1-6-3-4-7(2)5-6;;;;/h2*3-5H,1-2H3;1H2;2*1H;/q2*-1;;;;+2/p-2. The third-order valence-corrected chi connectivity index (χ3v) is 2.13. The molecule has 0 amide bonds. The van der Waals surface area contributed by atoms with E-state index in [2.05, 4.69) is 68.3 Å². The third-order valence-electron chi connectivity index (χ3n) is 2.13. The van der Waals surface area contributed by atoms with E-state index in [0.29, 0.717) is 0 Å². The molecule has 0 spiro atoms. The van der Waals surface area contributed by atoms with Crippen molar-refractivity contribution in [1.82, 2.24) is 0 Å². The van der Waals surface area contributed by atoms with E-state index in [0.717, 1.165) is 0 Å². The van der Waals surface area contributed by atoms with E-state index >= 15 is 0 Å². The summed E-state index contributed by atoms with van der Waals surface area (Å²) in [5, 5.41) is 0. The van der Waals surface area contributed by atoms with Crippen LogP contribution in [0, 0.1) is 27.7 Å². The molecular weight excluding hydrogens is 342 g/mol. The van der Waals surface area contributed by atoms with Crippen molar-refractivity contribution < 1.29 is 18.9 Å². The molecule has 0 atom stereocenters. The summed E-state index contributed by atoms with van der Waals surface area (Å²) in [5.74, 6) is 0. The molecular formula is C15H20Cl2Zr-2. The minimum atomic E-state index is -1.85. The first kappa shape index (κ1) is 18.0. The second kappa shape index (κ2) is 9.90. The van der Waals surface area contributed by atoms with E-state index < -0.39 is 18.9 Å². The first-order chi connectivity index (χ1) is 8.31. The Kier molecular flexibility index (Phi) is 9.92. The van der Waals surface area contributed by atoms with Gasteiger partial charge >= 0.3 is 40.1 Å². The Labute approximate surface area is 126 Å². The van der Waals surface area contributed by atoms with E-state index in [1.54, 1.807) is 0 Å². The number of aryl methyl sites for hydroxylation is 4. The van der Waals surface area contributed by atoms with Gasteiger partial charge in [-0.05, 0) is 0 Å². The average Bonchev–Trinajstić information content (AvgIpc) is 2.76. The molecule has 0 aromatic heterocycles. The molecule has 2 aromatic rings. The zero-order chi connectivity index (χ0) is 14.1. The van der Waals surface area contributed by atoms with Crippen LogP contribution in [0.15, 0.2) is 36.4 Å². The Morgan fingerprint density at radius 3 is 1.22 bits per heavy atom. The molecule has 2 aromatic carbocycles. The molecule has 0 fully saturated rings. The summed E-state index contributed by atoms with van der Waals surface area (Å²) in [6, 6.07) is 12.8. The van der Waals surface area contributed by atoms with Crippen LogP contribution in [0.3, 0.4) is 0 Å². The van der Waals surface area contributed by atoms with Gasteiger partial charge in [-0.3, -0.25) is 0 Å². The Hall–Kier alpha value is 0.0331. The van der Waals surface area contributed by atoms with Gasteiger partial charge in [0, 0.05) is 0 Å². The summed E-state index contributed by atoms with van der Waals surface area (Å²) < 4.78 is 3.37. The van der Waals surface area contributed by atoms with E-state index in [9.17, 15) is 0 Å². The maximum absolute atomic E-state index is 5.13. The van der Waals surface area contributed by atoms with Crippen LogP contribution in [0.4, 0.5) is 0 Å². The number of rotatable bonds is 0. The van der Waals surface area contributed by atoms with Gasteiger partial charge in [0.1, 0.15) is 0 Å². The predicted octanol–water partition coefficient (Wildman–Crippen LogP) is 5.39. The van der Waals surface area contributed by atoms with Gasteiger partial charge in [-0.2, -0.15) is 35.4 Å². The molecule has 0 radical (unpaired) electrons. The van der Waals surface area contributed by atoms with Crippen molar-refractivity contribution in [3.05, 3.63) is 58.7 Å². The van der Waals surface area contributed by atoms with Crippen molar-refractivity contribution in [1.29, 1.82) is 0 Å². The zero-order valence-electron chi connectivity index (χ0n) is 11.4. The number of halogens is 2. The Balaban J connectivity index is 0.000000253. The van der Waals surface area contributed by atoms with Gasteiger partial charge < -0.3 is 0 Å². The summed E-state index contributed by atoms with van der Waals surface area (Å²) in [7, 11) is 10.3. The van der Waals surface area contributed by atoms with Gasteiger partial charge in [0.05, 0.1) is 0 Å². The molecule has 0 saturated carbocycles. The van der Waals surface area contributed by atoms with Crippen LogP contribution in [-0.4, -0.2) is 4.21 Å². The fourth-order valence-corrected chi connectivity index (χ4v) is 1.44. The summed E-state index contributed by atoms with van der Waals surface area (Å²) in [6.45, 7) is 8.42. The fourth-order valence-electron chi connectivity index (χ4n) is 1.44. The van der Waals surface area contributed by atoms with Crippen molar-refractivity contribution in [2.45, 2.75) is 27.7 Å². The molecule has 0 unspecified atom stereocenters. The van der Waals surface area contributed by atoms with Crippen LogP contribution in [0.5, 0.6) is 0 Å². The molecule has 0 bridgehead atoms. The average molecular weight is 362 g/mol. The van der Waals surface area contributed by atoms with Gasteiger partial charge in [0.2, 0.25) is 0 Å². The van der Waals surface area contributed by atoms with E-state index in [-0.39, 0.29) is 0 Å². The van der Waals surface area contributed by atoms with Crippen LogP contribution in [0.1, 0.15) is 22.3 Å². The van der Waals surface area contributed by atoms with Crippen molar-refractivity contribution in [2.75, 3.05) is 0 Å². The van der Waals surface area contributed by atoms with Crippen LogP contribution < -0.4 is 0 Å². The predicted molar refractivity (Wildman–Crippen MR) is 81.8 cm³/mol. The molecule has 2 rings (SSSR count). The van der Waals surface area contributed by atoms with E-state index in [1.165, 1.54) is 22.3 Å². The van der Waals surface area contributed by atoms with E-state index in [4.69, 9.17) is 17.0 Å². The normalized spacial score (nSPS) is 8.78. The monoisotopic (exact) mass is 360 g/mol. The zero-order valence-corrected chi connectivity index (χ0v) is 15.4. The van der Waals surface area contributed by atoms with Gasteiger partial charge in [-0.15, -0.1) is 0 Å². The first-order valence-electron chi connectivity index (χ1n) is 5.71. The second-order valence-electron chi connectivity index (χ2n) is 4.27. The Morgan fingerprint density at radius 1 is 0.889 bits per heavy atom. The van der Waals surface area contributed by atoms with Crippen molar-refractivity contribution >= 4 is 21.2 Å². The van der Waals surface area contributed by atoms with Gasteiger partial charge in [0.25, 0.3) is 0 Å². The quantitative estimate of drug-likeness (QED) is 0.551. The van der Waals surface area contributed by atoms with Crippen molar-refractivity contribution in [2.24, 2.45) is 0 Å². The topological polar surface area (TPSA) is 0 Å². The molecule has 0 N–H and O–H groups in total. The third kappa shape index (κ3) is 11.1. The van der Waals surface area contributed by atoms with Crippen LogP contribution in [-0.2, 0) is 18.9 Å². The molecule has 0 saturated heterocycles. The second-order valence-corrected chi connectivity index (χ2v) is 12.5. The SMILES string of the molecule is Cc1c[cH-]c(C)c1.Cc1c[cH-]c(C)c1.[CH2]=[Zr]([Cl])[Cl]. The minimum absolute atomic E-state index is 1.36. The van der Waals surface area contributed by atoms with Crippen LogP contribution >= 0.6 is 17.0 Å². The number of hydrogen-bond acceptors (Lipinski definition) is 0. The number of hydrogen-bond donors (Lipinski definition) is 0. The maximum atomic E-state index is 5.13. The van der Waals surface area contributed by atoms with Crippen LogP contribution in [0.2, 0.25) is 0 Å². The van der Waals surface area contributed by atoms with Crippen LogP contribution in [0.25, 0.3) is 0 Å².